The van der Waals surface area contributed by atoms with Crippen LogP contribution in [0.3, 0.4) is 0 Å². The SMILES string of the molecule is Cc1ccc(C2=C(c3ccc(Cl)cc3)N(c3ccc(N)cc3)C(N)S2)cc1. The third kappa shape index (κ3) is 3.56. The average molecular weight is 394 g/mol. The van der Waals surface area contributed by atoms with Crippen molar-refractivity contribution in [3.8, 4) is 0 Å². The zero-order valence-corrected chi connectivity index (χ0v) is 16.5. The molecule has 0 spiro atoms. The molecule has 0 saturated carbocycles. The van der Waals surface area contributed by atoms with E-state index < -0.39 is 0 Å². The first-order valence-corrected chi connectivity index (χ1v) is 9.93. The van der Waals surface area contributed by atoms with Gasteiger partial charge >= 0.3 is 0 Å². The van der Waals surface area contributed by atoms with Crippen molar-refractivity contribution >= 4 is 45.3 Å². The second-order valence-electron chi connectivity index (χ2n) is 6.52. The first-order chi connectivity index (χ1) is 13.0. The van der Waals surface area contributed by atoms with Crippen molar-refractivity contribution in [1.82, 2.24) is 0 Å². The Morgan fingerprint density at radius 3 is 2.07 bits per heavy atom. The van der Waals surface area contributed by atoms with E-state index >= 15 is 0 Å². The van der Waals surface area contributed by atoms with Gasteiger partial charge in [-0.3, -0.25) is 0 Å². The fourth-order valence-electron chi connectivity index (χ4n) is 3.16. The minimum Gasteiger partial charge on any atom is -0.399 e. The predicted octanol–water partition coefficient (Wildman–Crippen LogP) is 5.55. The summed E-state index contributed by atoms with van der Waals surface area (Å²) in [6, 6.07) is 24.2. The molecule has 0 fully saturated rings. The molecule has 1 heterocycles. The number of nitrogen functional groups attached to an aromatic ring is 1. The number of halogens is 1. The number of benzene rings is 3. The summed E-state index contributed by atoms with van der Waals surface area (Å²) in [5.74, 6) is 0. The molecule has 4 rings (SSSR count). The molecule has 1 unspecified atom stereocenters. The highest BCUT2D eigenvalue weighted by Gasteiger charge is 2.33. The highest BCUT2D eigenvalue weighted by Crippen LogP contribution is 2.48. The van der Waals surface area contributed by atoms with Crippen LogP contribution in [0.5, 0.6) is 0 Å². The van der Waals surface area contributed by atoms with E-state index in [1.807, 2.05) is 48.5 Å². The second kappa shape index (κ2) is 7.31. The van der Waals surface area contributed by atoms with Crippen molar-refractivity contribution in [2.24, 2.45) is 5.73 Å². The Morgan fingerprint density at radius 1 is 0.852 bits per heavy atom. The maximum absolute atomic E-state index is 6.55. The summed E-state index contributed by atoms with van der Waals surface area (Å²) in [7, 11) is 0. The van der Waals surface area contributed by atoms with E-state index in [0.717, 1.165) is 33.1 Å². The van der Waals surface area contributed by atoms with E-state index in [2.05, 4.69) is 36.1 Å². The molecule has 1 aliphatic rings. The summed E-state index contributed by atoms with van der Waals surface area (Å²) >= 11 is 7.77. The predicted molar refractivity (Wildman–Crippen MR) is 118 cm³/mol. The lowest BCUT2D eigenvalue weighted by Gasteiger charge is -2.27. The fourth-order valence-corrected chi connectivity index (χ4v) is 4.46. The molecule has 4 N–H and O–H groups in total. The monoisotopic (exact) mass is 393 g/mol. The maximum atomic E-state index is 6.55. The van der Waals surface area contributed by atoms with Gasteiger partial charge in [-0.2, -0.15) is 0 Å². The molecule has 0 aliphatic carbocycles. The van der Waals surface area contributed by atoms with E-state index in [9.17, 15) is 0 Å². The van der Waals surface area contributed by atoms with Gasteiger partial charge in [-0.15, -0.1) is 0 Å². The van der Waals surface area contributed by atoms with E-state index in [-0.39, 0.29) is 5.50 Å². The molecule has 1 atom stereocenters. The van der Waals surface area contributed by atoms with Gasteiger partial charge in [0.25, 0.3) is 0 Å². The van der Waals surface area contributed by atoms with Gasteiger partial charge in [-0.1, -0.05) is 65.3 Å². The number of hydrogen-bond acceptors (Lipinski definition) is 4. The number of thioether (sulfide) groups is 1. The van der Waals surface area contributed by atoms with Gasteiger partial charge in [0.05, 0.1) is 5.70 Å². The minimum absolute atomic E-state index is 0.226. The molecule has 0 amide bonds. The maximum Gasteiger partial charge on any atom is 0.134 e. The first kappa shape index (κ1) is 18.0. The van der Waals surface area contributed by atoms with Crippen LogP contribution in [0, 0.1) is 6.92 Å². The number of anilines is 2. The Balaban J connectivity index is 1.90. The van der Waals surface area contributed by atoms with E-state index in [0.29, 0.717) is 5.02 Å². The summed E-state index contributed by atoms with van der Waals surface area (Å²) in [6.45, 7) is 2.09. The van der Waals surface area contributed by atoms with Crippen molar-refractivity contribution in [2.75, 3.05) is 10.6 Å². The molecule has 136 valence electrons. The van der Waals surface area contributed by atoms with Crippen LogP contribution < -0.4 is 16.4 Å². The summed E-state index contributed by atoms with van der Waals surface area (Å²) in [5.41, 5.74) is 18.5. The van der Waals surface area contributed by atoms with Crippen LogP contribution in [-0.4, -0.2) is 5.50 Å². The number of hydrogen-bond donors (Lipinski definition) is 2. The summed E-state index contributed by atoms with van der Waals surface area (Å²) < 4.78 is 0. The quantitative estimate of drug-likeness (QED) is 0.572. The lowest BCUT2D eigenvalue weighted by atomic mass is 10.1. The summed E-state index contributed by atoms with van der Waals surface area (Å²) in [4.78, 5) is 3.31. The van der Waals surface area contributed by atoms with Gasteiger partial charge in [0, 0.05) is 21.3 Å². The van der Waals surface area contributed by atoms with Crippen molar-refractivity contribution in [3.05, 3.63) is 94.5 Å². The summed E-state index contributed by atoms with van der Waals surface area (Å²) in [5, 5.41) is 0.713. The largest absolute Gasteiger partial charge is 0.399 e. The number of rotatable bonds is 3. The molecule has 3 nitrogen and oxygen atoms in total. The molecular weight excluding hydrogens is 374 g/mol. The second-order valence-corrected chi connectivity index (χ2v) is 8.08. The van der Waals surface area contributed by atoms with Gasteiger partial charge < -0.3 is 16.4 Å². The van der Waals surface area contributed by atoms with Gasteiger partial charge in [0.1, 0.15) is 5.50 Å². The van der Waals surface area contributed by atoms with Crippen molar-refractivity contribution in [1.29, 1.82) is 0 Å². The highest BCUT2D eigenvalue weighted by molar-refractivity contribution is 8.09. The molecule has 0 aromatic heterocycles. The van der Waals surface area contributed by atoms with E-state index in [1.165, 1.54) is 5.56 Å². The molecular formula is C22H20ClN3S. The topological polar surface area (TPSA) is 55.3 Å². The van der Waals surface area contributed by atoms with Crippen LogP contribution >= 0.6 is 23.4 Å². The Labute approximate surface area is 168 Å². The molecule has 0 radical (unpaired) electrons. The van der Waals surface area contributed by atoms with Crippen molar-refractivity contribution < 1.29 is 0 Å². The Kier molecular flexibility index (Phi) is 4.87. The average Bonchev–Trinajstić information content (AvgIpc) is 3.01. The molecule has 0 saturated heterocycles. The highest BCUT2D eigenvalue weighted by atomic mass is 35.5. The van der Waals surface area contributed by atoms with Crippen LogP contribution in [0.15, 0.2) is 72.8 Å². The van der Waals surface area contributed by atoms with Crippen LogP contribution in [0.2, 0.25) is 5.02 Å². The molecule has 3 aromatic rings. The lowest BCUT2D eigenvalue weighted by Crippen LogP contribution is -2.34. The Hall–Kier alpha value is -2.40. The zero-order chi connectivity index (χ0) is 19.0. The Bertz CT molecular complexity index is 980. The normalized spacial score (nSPS) is 16.9. The van der Waals surface area contributed by atoms with Crippen molar-refractivity contribution in [3.63, 3.8) is 0 Å². The van der Waals surface area contributed by atoms with Gasteiger partial charge in [0.2, 0.25) is 0 Å². The third-order valence-electron chi connectivity index (χ3n) is 4.55. The molecule has 5 heteroatoms. The first-order valence-electron chi connectivity index (χ1n) is 8.67. The molecule has 3 aromatic carbocycles. The van der Waals surface area contributed by atoms with Crippen LogP contribution in [-0.2, 0) is 0 Å². The number of nitrogens with zero attached hydrogens (tertiary/aromatic N) is 1. The van der Waals surface area contributed by atoms with E-state index in [1.54, 1.807) is 11.8 Å². The van der Waals surface area contributed by atoms with Gasteiger partial charge in [0.15, 0.2) is 0 Å². The van der Waals surface area contributed by atoms with Gasteiger partial charge in [-0.25, -0.2) is 0 Å². The number of aryl methyl sites for hydroxylation is 1. The fraction of sp³-hybridized carbons (Fsp3) is 0.0909. The smallest absolute Gasteiger partial charge is 0.134 e. The van der Waals surface area contributed by atoms with Crippen LogP contribution in [0.25, 0.3) is 10.6 Å². The summed E-state index contributed by atoms with van der Waals surface area (Å²) in [6.07, 6.45) is 0. The van der Waals surface area contributed by atoms with Gasteiger partial charge in [-0.05, 0) is 54.4 Å². The van der Waals surface area contributed by atoms with Crippen LogP contribution in [0.4, 0.5) is 11.4 Å². The third-order valence-corrected chi connectivity index (χ3v) is 5.92. The Morgan fingerprint density at radius 2 is 1.44 bits per heavy atom. The number of nitrogens with two attached hydrogens (primary N) is 2. The zero-order valence-electron chi connectivity index (χ0n) is 14.9. The molecule has 0 bridgehead atoms. The molecule has 27 heavy (non-hydrogen) atoms. The molecule has 1 aliphatic heterocycles. The van der Waals surface area contributed by atoms with Crippen molar-refractivity contribution in [2.45, 2.75) is 12.4 Å². The standard InChI is InChI=1S/C22H20ClN3S/c1-14-2-4-16(5-3-14)21-20(15-6-8-17(23)9-7-15)26(22(25)27-21)19-12-10-18(24)11-13-19/h2-13,22H,24-25H2,1H3. The lowest BCUT2D eigenvalue weighted by molar-refractivity contribution is 0.938. The van der Waals surface area contributed by atoms with E-state index in [4.69, 9.17) is 23.1 Å². The van der Waals surface area contributed by atoms with Crippen LogP contribution in [0.1, 0.15) is 16.7 Å². The minimum atomic E-state index is -0.226.